The first-order valence-corrected chi connectivity index (χ1v) is 16.2. The summed E-state index contributed by atoms with van der Waals surface area (Å²) >= 11 is 0. The van der Waals surface area contributed by atoms with Gasteiger partial charge in [-0.25, -0.2) is 14.6 Å². The van der Waals surface area contributed by atoms with Crippen LogP contribution in [0.4, 0.5) is 9.59 Å². The Kier molecular flexibility index (Phi) is 9.31. The normalized spacial score (nSPS) is 18.8. The number of methoxy groups -OCH3 is 1. The van der Waals surface area contributed by atoms with Crippen LogP contribution < -0.4 is 15.4 Å². The summed E-state index contributed by atoms with van der Waals surface area (Å²) in [4.78, 5) is 35.0. The highest BCUT2D eigenvalue weighted by atomic mass is 16.6. The first kappa shape index (κ1) is 32.2. The number of benzene rings is 2. The highest BCUT2D eigenvalue weighted by Crippen LogP contribution is 2.44. The third-order valence-corrected chi connectivity index (χ3v) is 9.09. The Morgan fingerprint density at radius 3 is 2.21 bits per heavy atom. The Bertz CT molecular complexity index is 1700. The molecule has 47 heavy (non-hydrogen) atoms. The van der Waals surface area contributed by atoms with E-state index < -0.39 is 29.9 Å². The van der Waals surface area contributed by atoms with Gasteiger partial charge in [0, 0.05) is 29.8 Å². The van der Waals surface area contributed by atoms with Gasteiger partial charge in [-0.1, -0.05) is 48.5 Å². The fraction of sp³-hybridized carbons (Fsp3) is 0.405. The standard InChI is InChI=1S/C37H42N4O6/c1-37(2,3)47-36(44)39-23-15-13-22(14-16-23)32(34(42)28-19-20-38-30-17-18-31(45-4)40-33(28)30)41-35(43)46-21-29-26-11-7-5-9-24(26)25-10-6-8-12-27(25)29/h5-12,17-20,22-23,29,32,34,42H,13-16,21H2,1-4H3,(H,39,44)(H,41,43)/t22-,23-,32-,34-/m1/s1. The monoisotopic (exact) mass is 638 g/mol. The molecule has 2 aliphatic rings. The lowest BCUT2D eigenvalue weighted by Crippen LogP contribution is -2.48. The number of fused-ring (bicyclic) bond motifs is 4. The number of amides is 2. The Balaban J connectivity index is 1.21. The van der Waals surface area contributed by atoms with Crippen LogP contribution in [-0.4, -0.2) is 58.7 Å². The molecule has 0 bridgehead atoms. The quantitative estimate of drug-likeness (QED) is 0.195. The van der Waals surface area contributed by atoms with E-state index in [0.717, 1.165) is 22.3 Å². The summed E-state index contributed by atoms with van der Waals surface area (Å²) in [5.41, 5.74) is 5.59. The summed E-state index contributed by atoms with van der Waals surface area (Å²) in [6.45, 7) is 5.65. The van der Waals surface area contributed by atoms with Crippen LogP contribution in [0.1, 0.15) is 75.2 Å². The predicted octanol–water partition coefficient (Wildman–Crippen LogP) is 6.66. The van der Waals surface area contributed by atoms with E-state index >= 15 is 0 Å². The van der Waals surface area contributed by atoms with E-state index in [1.807, 2.05) is 45.0 Å². The fourth-order valence-corrected chi connectivity index (χ4v) is 6.90. The van der Waals surface area contributed by atoms with Gasteiger partial charge in [0.1, 0.15) is 18.3 Å². The van der Waals surface area contributed by atoms with Crippen molar-refractivity contribution in [3.05, 3.63) is 89.6 Å². The average molecular weight is 639 g/mol. The zero-order valence-electron chi connectivity index (χ0n) is 27.2. The van der Waals surface area contributed by atoms with E-state index in [1.165, 1.54) is 7.11 Å². The number of nitrogens with one attached hydrogen (secondary N) is 2. The molecule has 2 aromatic carbocycles. The molecule has 0 spiro atoms. The molecule has 10 nitrogen and oxygen atoms in total. The lowest BCUT2D eigenvalue weighted by molar-refractivity contribution is 0.0457. The second-order valence-electron chi connectivity index (χ2n) is 13.3. The number of ether oxygens (including phenoxy) is 3. The molecule has 2 amide bonds. The van der Waals surface area contributed by atoms with Crippen molar-refractivity contribution in [1.29, 1.82) is 0 Å². The third-order valence-electron chi connectivity index (χ3n) is 9.09. The number of aliphatic hydroxyl groups excluding tert-OH is 1. The molecule has 1 saturated carbocycles. The van der Waals surface area contributed by atoms with E-state index in [0.29, 0.717) is 48.2 Å². The van der Waals surface area contributed by atoms with Gasteiger partial charge >= 0.3 is 12.2 Å². The number of aromatic nitrogens is 2. The molecule has 2 atom stereocenters. The van der Waals surface area contributed by atoms with Crippen molar-refractivity contribution in [1.82, 2.24) is 20.6 Å². The summed E-state index contributed by atoms with van der Waals surface area (Å²) < 4.78 is 16.7. The summed E-state index contributed by atoms with van der Waals surface area (Å²) in [6, 6.07) is 20.9. The van der Waals surface area contributed by atoms with Crippen LogP contribution in [0.3, 0.4) is 0 Å². The minimum Gasteiger partial charge on any atom is -0.481 e. The molecule has 4 aromatic rings. The maximum absolute atomic E-state index is 13.6. The number of rotatable bonds is 8. The van der Waals surface area contributed by atoms with Crippen LogP contribution in [0.2, 0.25) is 0 Å². The maximum atomic E-state index is 13.6. The molecule has 2 aliphatic carbocycles. The lowest BCUT2D eigenvalue weighted by atomic mass is 9.78. The summed E-state index contributed by atoms with van der Waals surface area (Å²) in [5, 5.41) is 18.0. The molecule has 2 aromatic heterocycles. The van der Waals surface area contributed by atoms with E-state index in [9.17, 15) is 14.7 Å². The van der Waals surface area contributed by atoms with Crippen molar-refractivity contribution in [3.63, 3.8) is 0 Å². The van der Waals surface area contributed by atoms with Crippen LogP contribution in [-0.2, 0) is 9.47 Å². The Labute approximate surface area is 274 Å². The Morgan fingerprint density at radius 1 is 0.915 bits per heavy atom. The van der Waals surface area contributed by atoms with Gasteiger partial charge in [0.2, 0.25) is 5.88 Å². The van der Waals surface area contributed by atoms with Crippen LogP contribution in [0, 0.1) is 5.92 Å². The SMILES string of the molecule is COc1ccc2nccc([C@@H](O)[C@H](NC(=O)OCC3c4ccccc4-c4ccccc43)[C@H]3CC[C@H](NC(=O)OC(C)(C)C)CC3)c2n1. The zero-order valence-corrected chi connectivity index (χ0v) is 27.2. The Morgan fingerprint density at radius 2 is 1.57 bits per heavy atom. The number of alkyl carbamates (subject to hydrolysis) is 2. The minimum atomic E-state index is -1.11. The highest BCUT2D eigenvalue weighted by Gasteiger charge is 2.37. The molecule has 10 heteroatoms. The number of hydrogen-bond donors (Lipinski definition) is 3. The summed E-state index contributed by atoms with van der Waals surface area (Å²) in [7, 11) is 1.53. The molecule has 6 rings (SSSR count). The topological polar surface area (TPSA) is 132 Å². The van der Waals surface area contributed by atoms with Crippen molar-refractivity contribution in [2.45, 2.75) is 76.2 Å². The minimum absolute atomic E-state index is 0.0685. The largest absolute Gasteiger partial charge is 0.481 e. The van der Waals surface area contributed by atoms with Crippen LogP contribution in [0.5, 0.6) is 5.88 Å². The number of hydrogen-bond acceptors (Lipinski definition) is 8. The third kappa shape index (κ3) is 7.17. The average Bonchev–Trinajstić information content (AvgIpc) is 3.38. The second kappa shape index (κ2) is 13.6. The number of nitrogens with zero attached hydrogens (tertiary/aromatic N) is 2. The molecule has 246 valence electrons. The van der Waals surface area contributed by atoms with E-state index in [-0.39, 0.29) is 24.5 Å². The molecule has 0 aliphatic heterocycles. The first-order valence-electron chi connectivity index (χ1n) is 16.2. The van der Waals surface area contributed by atoms with Crippen LogP contribution >= 0.6 is 0 Å². The maximum Gasteiger partial charge on any atom is 0.407 e. The van der Waals surface area contributed by atoms with Gasteiger partial charge in [0.25, 0.3) is 0 Å². The smallest absolute Gasteiger partial charge is 0.407 e. The van der Waals surface area contributed by atoms with Gasteiger partial charge < -0.3 is 30.0 Å². The van der Waals surface area contributed by atoms with Crippen molar-refractivity contribution in [2.24, 2.45) is 5.92 Å². The molecule has 1 fully saturated rings. The lowest BCUT2D eigenvalue weighted by Gasteiger charge is -2.37. The molecular formula is C37H42N4O6. The van der Waals surface area contributed by atoms with E-state index in [2.05, 4.69) is 44.9 Å². The number of carbonyl (C=O) groups excluding carboxylic acids is 2. The van der Waals surface area contributed by atoms with Gasteiger partial charge in [0.15, 0.2) is 0 Å². The number of aliphatic hydroxyl groups is 1. The van der Waals surface area contributed by atoms with Gasteiger partial charge in [-0.2, -0.15) is 0 Å². The molecule has 2 heterocycles. The van der Waals surface area contributed by atoms with Crippen molar-refractivity contribution >= 4 is 23.2 Å². The molecular weight excluding hydrogens is 596 g/mol. The molecule has 0 radical (unpaired) electrons. The highest BCUT2D eigenvalue weighted by molar-refractivity contribution is 5.80. The van der Waals surface area contributed by atoms with Crippen molar-refractivity contribution in [2.75, 3.05) is 13.7 Å². The number of pyridine rings is 2. The van der Waals surface area contributed by atoms with Crippen LogP contribution in [0.25, 0.3) is 22.2 Å². The number of carbonyl (C=O) groups is 2. The Hall–Kier alpha value is -4.70. The van der Waals surface area contributed by atoms with Gasteiger partial charge in [-0.15, -0.1) is 0 Å². The molecule has 3 N–H and O–H groups in total. The molecule has 0 unspecified atom stereocenters. The summed E-state index contributed by atoms with van der Waals surface area (Å²) in [5.74, 6) is 0.205. The predicted molar refractivity (Wildman–Crippen MR) is 178 cm³/mol. The van der Waals surface area contributed by atoms with Gasteiger partial charge in [0.05, 0.1) is 24.2 Å². The van der Waals surface area contributed by atoms with E-state index in [1.54, 1.807) is 24.4 Å². The first-order chi connectivity index (χ1) is 22.6. The van der Waals surface area contributed by atoms with Crippen LogP contribution in [0.15, 0.2) is 72.9 Å². The summed E-state index contributed by atoms with van der Waals surface area (Å²) in [6.07, 6.45) is 2.12. The molecule has 0 saturated heterocycles. The second-order valence-corrected chi connectivity index (χ2v) is 13.3. The zero-order chi connectivity index (χ0) is 33.1. The van der Waals surface area contributed by atoms with Crippen molar-refractivity contribution < 1.29 is 28.9 Å². The fourth-order valence-electron chi connectivity index (χ4n) is 6.90. The van der Waals surface area contributed by atoms with Gasteiger partial charge in [-0.05, 0) is 86.8 Å². The van der Waals surface area contributed by atoms with Gasteiger partial charge in [-0.3, -0.25) is 4.98 Å². The van der Waals surface area contributed by atoms with E-state index in [4.69, 9.17) is 14.2 Å². The van der Waals surface area contributed by atoms with Crippen molar-refractivity contribution in [3.8, 4) is 17.0 Å².